The third-order valence-corrected chi connectivity index (χ3v) is 8.72. The fraction of sp³-hybridized carbons (Fsp3) is 0.286. The van der Waals surface area contributed by atoms with Gasteiger partial charge in [-0.1, -0.05) is 24.2 Å². The van der Waals surface area contributed by atoms with Gasteiger partial charge in [-0.2, -0.15) is 4.31 Å². The number of thioether (sulfide) groups is 1. The highest BCUT2D eigenvalue weighted by atomic mass is 32.2. The van der Waals surface area contributed by atoms with Crippen LogP contribution >= 0.6 is 23.1 Å². The molecule has 1 saturated heterocycles. The fourth-order valence-corrected chi connectivity index (χ4v) is 6.56. The van der Waals surface area contributed by atoms with E-state index in [0.29, 0.717) is 29.6 Å². The number of rotatable bonds is 7. The quantitative estimate of drug-likeness (QED) is 0.338. The van der Waals surface area contributed by atoms with Crippen LogP contribution in [-0.2, 0) is 15.8 Å². The SMILES string of the molecule is O=S(=O)(c1cccc(-c2nnc(SCc3csc(-c4ccco4)n3)o2)c1)N1CCCCC1. The van der Waals surface area contributed by atoms with Gasteiger partial charge in [0.15, 0.2) is 10.8 Å². The van der Waals surface area contributed by atoms with Crippen molar-refractivity contribution >= 4 is 33.1 Å². The van der Waals surface area contributed by atoms with Crippen LogP contribution in [0.1, 0.15) is 25.0 Å². The van der Waals surface area contributed by atoms with Gasteiger partial charge in [-0.25, -0.2) is 13.4 Å². The van der Waals surface area contributed by atoms with Crippen LogP contribution in [0, 0.1) is 0 Å². The summed E-state index contributed by atoms with van der Waals surface area (Å²) >= 11 is 2.89. The molecule has 0 atom stereocenters. The number of piperidine rings is 1. The summed E-state index contributed by atoms with van der Waals surface area (Å²) in [5.41, 5.74) is 1.47. The van der Waals surface area contributed by atoms with Crippen LogP contribution < -0.4 is 0 Å². The van der Waals surface area contributed by atoms with Crippen LogP contribution in [0.5, 0.6) is 0 Å². The third kappa shape index (κ3) is 4.51. The second-order valence-corrected chi connectivity index (χ2v) is 11.0. The number of thiazole rings is 1. The highest BCUT2D eigenvalue weighted by molar-refractivity contribution is 7.98. The molecule has 1 fully saturated rings. The molecule has 32 heavy (non-hydrogen) atoms. The highest BCUT2D eigenvalue weighted by Crippen LogP contribution is 2.30. The van der Waals surface area contributed by atoms with E-state index in [-0.39, 0.29) is 10.8 Å². The maximum absolute atomic E-state index is 13.0. The molecule has 166 valence electrons. The monoisotopic (exact) mass is 488 g/mol. The van der Waals surface area contributed by atoms with Gasteiger partial charge < -0.3 is 8.83 Å². The minimum Gasteiger partial charge on any atom is -0.462 e. The second kappa shape index (κ2) is 9.18. The standard InChI is InChI=1S/C21H20N4O4S3/c26-32(27,25-9-2-1-3-10-25)17-7-4-6-15(12-17)19-23-24-21(29-19)31-14-16-13-30-20(22-16)18-8-5-11-28-18/h4-8,11-13H,1-3,9-10,14H2. The molecule has 1 aliphatic heterocycles. The average Bonchev–Trinajstić information content (AvgIpc) is 3.60. The summed E-state index contributed by atoms with van der Waals surface area (Å²) in [6.45, 7) is 1.12. The number of benzene rings is 1. The van der Waals surface area contributed by atoms with E-state index in [4.69, 9.17) is 8.83 Å². The fourth-order valence-electron chi connectivity index (χ4n) is 3.45. The van der Waals surface area contributed by atoms with Gasteiger partial charge in [-0.3, -0.25) is 0 Å². The van der Waals surface area contributed by atoms with E-state index in [9.17, 15) is 8.42 Å². The highest BCUT2D eigenvalue weighted by Gasteiger charge is 2.26. The van der Waals surface area contributed by atoms with Crippen LogP contribution in [0.3, 0.4) is 0 Å². The normalized spacial score (nSPS) is 15.2. The first-order chi connectivity index (χ1) is 15.6. The molecule has 4 heterocycles. The molecule has 0 amide bonds. The minimum atomic E-state index is -3.52. The van der Waals surface area contributed by atoms with Crippen LogP contribution in [0.25, 0.3) is 22.2 Å². The zero-order valence-corrected chi connectivity index (χ0v) is 19.5. The molecule has 0 bridgehead atoms. The van der Waals surface area contributed by atoms with Crippen LogP contribution in [0.15, 0.2) is 67.0 Å². The molecular weight excluding hydrogens is 468 g/mol. The lowest BCUT2D eigenvalue weighted by Gasteiger charge is -2.25. The minimum absolute atomic E-state index is 0.247. The molecule has 0 radical (unpaired) electrons. The number of hydrogen-bond donors (Lipinski definition) is 0. The predicted molar refractivity (Wildman–Crippen MR) is 122 cm³/mol. The van der Waals surface area contributed by atoms with Crippen molar-refractivity contribution < 1.29 is 17.3 Å². The molecule has 8 nitrogen and oxygen atoms in total. The summed E-state index contributed by atoms with van der Waals surface area (Å²) in [5.74, 6) is 1.60. The van der Waals surface area contributed by atoms with E-state index in [1.165, 1.54) is 23.1 Å². The summed E-state index contributed by atoms with van der Waals surface area (Å²) in [7, 11) is -3.52. The number of furan rings is 1. The van der Waals surface area contributed by atoms with E-state index >= 15 is 0 Å². The van der Waals surface area contributed by atoms with Gasteiger partial charge >= 0.3 is 0 Å². The van der Waals surface area contributed by atoms with Gasteiger partial charge in [-0.15, -0.1) is 21.5 Å². The van der Waals surface area contributed by atoms with Gasteiger partial charge in [0.1, 0.15) is 0 Å². The van der Waals surface area contributed by atoms with Gasteiger partial charge in [-0.05, 0) is 43.2 Å². The summed E-state index contributed by atoms with van der Waals surface area (Å²) in [6.07, 6.45) is 4.48. The van der Waals surface area contributed by atoms with E-state index in [0.717, 1.165) is 35.7 Å². The van der Waals surface area contributed by atoms with Crippen molar-refractivity contribution in [1.29, 1.82) is 0 Å². The van der Waals surface area contributed by atoms with Crippen molar-refractivity contribution in [2.24, 2.45) is 0 Å². The number of hydrogen-bond acceptors (Lipinski definition) is 9. The smallest absolute Gasteiger partial charge is 0.277 e. The van der Waals surface area contributed by atoms with E-state index in [1.807, 2.05) is 17.5 Å². The maximum Gasteiger partial charge on any atom is 0.277 e. The molecule has 0 aliphatic carbocycles. The lowest BCUT2D eigenvalue weighted by atomic mass is 10.2. The Bertz CT molecular complexity index is 1290. The zero-order valence-electron chi connectivity index (χ0n) is 17.0. The molecular formula is C21H20N4O4S3. The lowest BCUT2D eigenvalue weighted by Crippen LogP contribution is -2.35. The Morgan fingerprint density at radius 3 is 2.78 bits per heavy atom. The average molecular weight is 489 g/mol. The molecule has 0 N–H and O–H groups in total. The van der Waals surface area contributed by atoms with Crippen molar-refractivity contribution in [1.82, 2.24) is 19.5 Å². The second-order valence-electron chi connectivity index (χ2n) is 7.28. The van der Waals surface area contributed by atoms with Crippen molar-refractivity contribution in [3.05, 3.63) is 53.7 Å². The number of sulfonamides is 1. The summed E-state index contributed by atoms with van der Waals surface area (Å²) < 4.78 is 38.6. The van der Waals surface area contributed by atoms with Crippen molar-refractivity contribution in [2.45, 2.75) is 35.1 Å². The van der Waals surface area contributed by atoms with Crippen LogP contribution in [0.2, 0.25) is 0 Å². The van der Waals surface area contributed by atoms with Crippen LogP contribution in [0.4, 0.5) is 0 Å². The van der Waals surface area contributed by atoms with Crippen molar-refractivity contribution in [3.8, 4) is 22.2 Å². The Kier molecular flexibility index (Phi) is 6.13. The maximum atomic E-state index is 13.0. The number of aromatic nitrogens is 3. The zero-order chi connectivity index (χ0) is 22.0. The van der Waals surface area contributed by atoms with E-state index in [1.54, 1.807) is 34.8 Å². The summed E-state index contributed by atoms with van der Waals surface area (Å²) in [4.78, 5) is 4.81. The van der Waals surface area contributed by atoms with Gasteiger partial charge in [0.05, 0.1) is 16.9 Å². The first-order valence-corrected chi connectivity index (χ1v) is 13.5. The Morgan fingerprint density at radius 1 is 1.09 bits per heavy atom. The molecule has 0 spiro atoms. The summed E-state index contributed by atoms with van der Waals surface area (Å²) in [6, 6.07) is 10.4. The molecule has 1 aliphatic rings. The van der Waals surface area contributed by atoms with Crippen LogP contribution in [-0.4, -0.2) is 41.0 Å². The lowest BCUT2D eigenvalue weighted by molar-refractivity contribution is 0.346. The Morgan fingerprint density at radius 2 is 1.97 bits per heavy atom. The number of nitrogens with zero attached hydrogens (tertiary/aromatic N) is 4. The van der Waals surface area contributed by atoms with Crippen molar-refractivity contribution in [3.63, 3.8) is 0 Å². The van der Waals surface area contributed by atoms with E-state index in [2.05, 4.69) is 15.2 Å². The van der Waals surface area contributed by atoms with Crippen molar-refractivity contribution in [2.75, 3.05) is 13.1 Å². The topological polar surface area (TPSA) is 102 Å². The third-order valence-electron chi connectivity index (χ3n) is 5.07. The summed E-state index contributed by atoms with van der Waals surface area (Å²) in [5, 5.41) is 11.4. The molecule has 0 unspecified atom stereocenters. The Labute approximate surface area is 193 Å². The molecule has 5 rings (SSSR count). The molecule has 1 aromatic carbocycles. The van der Waals surface area contributed by atoms with E-state index < -0.39 is 10.0 Å². The molecule has 11 heteroatoms. The Hall–Kier alpha value is -2.47. The Balaban J connectivity index is 1.28. The largest absolute Gasteiger partial charge is 0.462 e. The van der Waals surface area contributed by atoms with Gasteiger partial charge in [0.25, 0.3) is 5.22 Å². The molecule has 4 aromatic rings. The first kappa shape index (κ1) is 21.4. The molecule has 3 aromatic heterocycles. The molecule has 0 saturated carbocycles. The van der Waals surface area contributed by atoms with Gasteiger partial charge in [0.2, 0.25) is 15.9 Å². The predicted octanol–water partition coefficient (Wildman–Crippen LogP) is 4.92. The first-order valence-electron chi connectivity index (χ1n) is 10.1. The van der Waals surface area contributed by atoms with Gasteiger partial charge in [0, 0.05) is 29.8 Å².